The quantitative estimate of drug-likeness (QED) is 0.782. The van der Waals surface area contributed by atoms with Gasteiger partial charge in [-0.1, -0.05) is 6.07 Å². The number of rotatable bonds is 7. The van der Waals surface area contributed by atoms with E-state index in [1.54, 1.807) is 7.05 Å². The minimum Gasteiger partial charge on any atom is -0.389 e. The standard InChI is InChI=1S/C15H22N4O3/c1-18(10-13(20)11-22-2)15(21)16-7-6-12-9-19-8-4-3-5-14(19)17-12/h3-5,8-9,13,20H,6-7,10-11H2,1-2H3,(H,16,21). The molecule has 0 saturated carbocycles. The Bertz CT molecular complexity index is 581. The number of urea groups is 1. The summed E-state index contributed by atoms with van der Waals surface area (Å²) >= 11 is 0. The number of aliphatic hydroxyl groups excluding tert-OH is 1. The van der Waals surface area contributed by atoms with Crippen molar-refractivity contribution in [3.63, 3.8) is 0 Å². The number of nitrogens with one attached hydrogen (secondary N) is 1. The van der Waals surface area contributed by atoms with Gasteiger partial charge in [0, 0.05) is 39.5 Å². The van der Waals surface area contributed by atoms with Crippen LogP contribution in [-0.4, -0.2) is 65.4 Å². The molecule has 2 aromatic heterocycles. The highest BCUT2D eigenvalue weighted by Crippen LogP contribution is 2.04. The molecule has 7 heteroatoms. The number of methoxy groups -OCH3 is 1. The Labute approximate surface area is 129 Å². The summed E-state index contributed by atoms with van der Waals surface area (Å²) in [5, 5.41) is 12.4. The topological polar surface area (TPSA) is 79.1 Å². The summed E-state index contributed by atoms with van der Waals surface area (Å²) in [6.45, 7) is 0.931. The van der Waals surface area contributed by atoms with Crippen LogP contribution in [0.25, 0.3) is 5.65 Å². The Hall–Kier alpha value is -2.12. The van der Waals surface area contributed by atoms with Crippen LogP contribution in [0.5, 0.6) is 0 Å². The Kier molecular flexibility index (Phi) is 5.74. The smallest absolute Gasteiger partial charge is 0.317 e. The van der Waals surface area contributed by atoms with Gasteiger partial charge in [-0.05, 0) is 12.1 Å². The number of aliphatic hydroxyl groups is 1. The van der Waals surface area contributed by atoms with Gasteiger partial charge in [-0.2, -0.15) is 0 Å². The number of amides is 2. The first-order valence-corrected chi connectivity index (χ1v) is 7.18. The van der Waals surface area contributed by atoms with Gasteiger partial charge >= 0.3 is 6.03 Å². The molecule has 1 unspecified atom stereocenters. The van der Waals surface area contributed by atoms with E-state index in [4.69, 9.17) is 4.74 Å². The number of pyridine rings is 1. The minimum atomic E-state index is -0.681. The van der Waals surface area contributed by atoms with Gasteiger partial charge in [-0.15, -0.1) is 0 Å². The lowest BCUT2D eigenvalue weighted by atomic mass is 10.3. The van der Waals surface area contributed by atoms with Crippen LogP contribution in [0.1, 0.15) is 5.69 Å². The number of carbonyl (C=O) groups is 1. The first-order chi connectivity index (χ1) is 10.6. The normalized spacial score (nSPS) is 12.3. The maximum absolute atomic E-state index is 11.9. The second kappa shape index (κ2) is 7.77. The largest absolute Gasteiger partial charge is 0.389 e. The first kappa shape index (κ1) is 16.3. The molecule has 0 aromatic carbocycles. The number of imidazole rings is 1. The SMILES string of the molecule is COCC(O)CN(C)C(=O)NCCc1cn2ccccc2n1. The van der Waals surface area contributed by atoms with Crippen LogP contribution in [0, 0.1) is 0 Å². The molecule has 1 atom stereocenters. The highest BCUT2D eigenvalue weighted by Gasteiger charge is 2.13. The zero-order valence-corrected chi connectivity index (χ0v) is 12.9. The van der Waals surface area contributed by atoms with Crippen molar-refractivity contribution in [2.24, 2.45) is 0 Å². The second-order valence-corrected chi connectivity index (χ2v) is 5.17. The van der Waals surface area contributed by atoms with E-state index >= 15 is 0 Å². The molecular weight excluding hydrogens is 284 g/mol. The maximum Gasteiger partial charge on any atom is 0.317 e. The molecule has 0 radical (unpaired) electrons. The molecule has 2 amide bonds. The molecule has 0 spiro atoms. The summed E-state index contributed by atoms with van der Waals surface area (Å²) in [7, 11) is 3.15. The number of aromatic nitrogens is 2. The molecule has 2 aromatic rings. The Balaban J connectivity index is 1.76. The lowest BCUT2D eigenvalue weighted by molar-refractivity contribution is 0.0490. The fraction of sp³-hybridized carbons (Fsp3) is 0.467. The van der Waals surface area contributed by atoms with E-state index < -0.39 is 6.10 Å². The third-order valence-electron chi connectivity index (χ3n) is 3.26. The molecule has 7 nitrogen and oxygen atoms in total. The second-order valence-electron chi connectivity index (χ2n) is 5.17. The van der Waals surface area contributed by atoms with Gasteiger partial charge in [-0.25, -0.2) is 9.78 Å². The molecule has 2 N–H and O–H groups in total. The van der Waals surface area contributed by atoms with Crippen LogP contribution in [0.2, 0.25) is 0 Å². The zero-order valence-electron chi connectivity index (χ0n) is 12.9. The third kappa shape index (κ3) is 4.44. The Morgan fingerprint density at radius 2 is 2.36 bits per heavy atom. The zero-order chi connectivity index (χ0) is 15.9. The number of carbonyl (C=O) groups excluding carboxylic acids is 1. The Morgan fingerprint density at radius 1 is 1.55 bits per heavy atom. The number of fused-ring (bicyclic) bond motifs is 1. The predicted molar refractivity (Wildman–Crippen MR) is 82.8 cm³/mol. The molecular formula is C15H22N4O3. The Morgan fingerprint density at radius 3 is 3.09 bits per heavy atom. The van der Waals surface area contributed by atoms with Gasteiger partial charge in [0.2, 0.25) is 0 Å². The number of hydrogen-bond donors (Lipinski definition) is 2. The number of likely N-dealkylation sites (N-methyl/N-ethyl adjacent to an activating group) is 1. The van der Waals surface area contributed by atoms with Gasteiger partial charge in [-0.3, -0.25) is 0 Å². The fourth-order valence-corrected chi connectivity index (χ4v) is 2.18. The van der Waals surface area contributed by atoms with Crippen LogP contribution in [0.3, 0.4) is 0 Å². The maximum atomic E-state index is 11.9. The van der Waals surface area contributed by atoms with E-state index in [0.29, 0.717) is 13.0 Å². The van der Waals surface area contributed by atoms with E-state index in [2.05, 4.69) is 10.3 Å². The third-order valence-corrected chi connectivity index (χ3v) is 3.26. The van der Waals surface area contributed by atoms with Crippen LogP contribution >= 0.6 is 0 Å². The molecule has 120 valence electrons. The van der Waals surface area contributed by atoms with Crippen LogP contribution in [0.4, 0.5) is 4.79 Å². The average molecular weight is 306 g/mol. The number of hydrogen-bond acceptors (Lipinski definition) is 4. The average Bonchev–Trinajstić information content (AvgIpc) is 2.89. The van der Waals surface area contributed by atoms with Crippen molar-refractivity contribution in [1.82, 2.24) is 19.6 Å². The van der Waals surface area contributed by atoms with E-state index in [9.17, 15) is 9.90 Å². The van der Waals surface area contributed by atoms with E-state index in [1.165, 1.54) is 12.0 Å². The van der Waals surface area contributed by atoms with Crippen molar-refractivity contribution >= 4 is 11.7 Å². The summed E-state index contributed by atoms with van der Waals surface area (Å²) in [5.74, 6) is 0. The van der Waals surface area contributed by atoms with Crippen molar-refractivity contribution in [2.75, 3.05) is 33.9 Å². The molecule has 0 aliphatic heterocycles. The summed E-state index contributed by atoms with van der Waals surface area (Å²) in [6.07, 6.45) is 3.87. The summed E-state index contributed by atoms with van der Waals surface area (Å²) in [4.78, 5) is 17.8. The molecule has 0 bridgehead atoms. The van der Waals surface area contributed by atoms with Crippen LogP contribution in [0.15, 0.2) is 30.6 Å². The lowest BCUT2D eigenvalue weighted by Gasteiger charge is -2.20. The van der Waals surface area contributed by atoms with E-state index in [1.807, 2.05) is 35.0 Å². The van der Waals surface area contributed by atoms with Gasteiger partial charge in [0.15, 0.2) is 0 Å². The molecule has 2 rings (SSSR count). The van der Waals surface area contributed by atoms with Crippen molar-refractivity contribution in [1.29, 1.82) is 0 Å². The fourth-order valence-electron chi connectivity index (χ4n) is 2.18. The van der Waals surface area contributed by atoms with Gasteiger partial charge in [0.25, 0.3) is 0 Å². The van der Waals surface area contributed by atoms with Gasteiger partial charge in [0.1, 0.15) is 5.65 Å². The summed E-state index contributed by atoms with van der Waals surface area (Å²) in [5.41, 5.74) is 1.82. The molecule has 22 heavy (non-hydrogen) atoms. The monoisotopic (exact) mass is 306 g/mol. The van der Waals surface area contributed by atoms with Crippen molar-refractivity contribution in [3.8, 4) is 0 Å². The van der Waals surface area contributed by atoms with Gasteiger partial charge < -0.3 is 24.5 Å². The summed E-state index contributed by atoms with van der Waals surface area (Å²) in [6, 6.07) is 5.60. The highest BCUT2D eigenvalue weighted by molar-refractivity contribution is 5.73. The molecule has 0 saturated heterocycles. The minimum absolute atomic E-state index is 0.207. The highest BCUT2D eigenvalue weighted by atomic mass is 16.5. The molecule has 0 aliphatic rings. The van der Waals surface area contributed by atoms with Gasteiger partial charge in [0.05, 0.1) is 24.9 Å². The van der Waals surface area contributed by atoms with E-state index in [0.717, 1.165) is 11.3 Å². The summed E-state index contributed by atoms with van der Waals surface area (Å²) < 4.78 is 6.78. The lowest BCUT2D eigenvalue weighted by Crippen LogP contribution is -2.42. The van der Waals surface area contributed by atoms with Crippen molar-refractivity contribution < 1.29 is 14.6 Å². The molecule has 2 heterocycles. The predicted octanol–water partition coefficient (Wildman–Crippen LogP) is 0.526. The van der Waals surface area contributed by atoms with Crippen molar-refractivity contribution in [2.45, 2.75) is 12.5 Å². The van der Waals surface area contributed by atoms with Crippen molar-refractivity contribution in [3.05, 3.63) is 36.3 Å². The molecule has 0 aliphatic carbocycles. The van der Waals surface area contributed by atoms with Crippen LogP contribution in [-0.2, 0) is 11.2 Å². The first-order valence-electron chi connectivity index (χ1n) is 7.18. The number of nitrogens with zero attached hydrogens (tertiary/aromatic N) is 3. The number of ether oxygens (including phenoxy) is 1. The van der Waals surface area contributed by atoms with Crippen LogP contribution < -0.4 is 5.32 Å². The van der Waals surface area contributed by atoms with E-state index in [-0.39, 0.29) is 19.2 Å². The molecule has 0 fully saturated rings.